The van der Waals surface area contributed by atoms with E-state index in [1.54, 1.807) is 16.6 Å². The summed E-state index contributed by atoms with van der Waals surface area (Å²) in [5, 5.41) is 0.799. The summed E-state index contributed by atoms with van der Waals surface area (Å²) in [4.78, 5) is 44.4. The van der Waals surface area contributed by atoms with Crippen molar-refractivity contribution in [3.63, 3.8) is 0 Å². The van der Waals surface area contributed by atoms with Gasteiger partial charge in [-0.2, -0.15) is 0 Å². The number of ketones is 1. The molecule has 6 rings (SSSR count). The summed E-state index contributed by atoms with van der Waals surface area (Å²) in [7, 11) is 1.60. The highest BCUT2D eigenvalue weighted by molar-refractivity contribution is 6.08. The molecule has 0 N–H and O–H groups in total. The van der Waals surface area contributed by atoms with Gasteiger partial charge in [-0.1, -0.05) is 18.9 Å². The number of benzene rings is 2. The van der Waals surface area contributed by atoms with Crippen LogP contribution in [0.3, 0.4) is 0 Å². The van der Waals surface area contributed by atoms with Gasteiger partial charge in [0.15, 0.2) is 17.3 Å². The molecular formula is C37H47N3O7. The van der Waals surface area contributed by atoms with Crippen LogP contribution in [-0.2, 0) is 17.8 Å². The fraction of sp³-hybridized carbons (Fsp3) is 0.541. The Labute approximate surface area is 276 Å². The normalized spacial score (nSPS) is 17.5. The summed E-state index contributed by atoms with van der Waals surface area (Å²) in [5.41, 5.74) is 1.59. The van der Waals surface area contributed by atoms with E-state index in [9.17, 15) is 14.4 Å². The summed E-state index contributed by atoms with van der Waals surface area (Å²) in [6.07, 6.45) is 4.81. The molecule has 252 valence electrons. The predicted octanol–water partition coefficient (Wildman–Crippen LogP) is 6.06. The molecule has 47 heavy (non-hydrogen) atoms. The molecule has 0 unspecified atom stereocenters. The molecule has 3 aromatic rings. The van der Waals surface area contributed by atoms with Crippen LogP contribution >= 0.6 is 0 Å². The van der Waals surface area contributed by atoms with Crippen molar-refractivity contribution >= 4 is 22.8 Å². The number of ether oxygens (including phenoxy) is 4. The number of methoxy groups -OCH3 is 1. The molecule has 0 bridgehead atoms. The lowest BCUT2D eigenvalue weighted by Gasteiger charge is -2.38. The summed E-state index contributed by atoms with van der Waals surface area (Å²) < 4.78 is 24.7. The van der Waals surface area contributed by atoms with Crippen LogP contribution < -0.4 is 19.8 Å². The number of pyridine rings is 1. The highest BCUT2D eigenvalue weighted by Crippen LogP contribution is 2.33. The number of Topliss-reactive ketones (excluding diaryl/α,β-unsaturated/α-hetero) is 1. The van der Waals surface area contributed by atoms with Crippen LogP contribution in [-0.4, -0.2) is 77.8 Å². The van der Waals surface area contributed by atoms with Gasteiger partial charge in [0.25, 0.3) is 5.56 Å². The molecule has 1 saturated carbocycles. The molecule has 1 amide bonds. The lowest BCUT2D eigenvalue weighted by molar-refractivity contribution is 0.00901. The van der Waals surface area contributed by atoms with E-state index in [1.807, 2.05) is 57.2 Å². The Morgan fingerprint density at radius 3 is 2.34 bits per heavy atom. The molecule has 2 fully saturated rings. The number of fused-ring (bicyclic) bond motifs is 2. The molecule has 0 atom stereocenters. The maximum absolute atomic E-state index is 13.5. The van der Waals surface area contributed by atoms with Crippen molar-refractivity contribution in [1.82, 2.24) is 14.4 Å². The fourth-order valence-electron chi connectivity index (χ4n) is 6.97. The van der Waals surface area contributed by atoms with Crippen LogP contribution in [0.5, 0.6) is 17.2 Å². The minimum absolute atomic E-state index is 0.00488. The van der Waals surface area contributed by atoms with Gasteiger partial charge >= 0.3 is 6.09 Å². The van der Waals surface area contributed by atoms with Gasteiger partial charge in [-0.15, -0.1) is 0 Å². The highest BCUT2D eigenvalue weighted by atomic mass is 16.6. The third-order valence-electron chi connectivity index (χ3n) is 9.73. The largest absolute Gasteiger partial charge is 0.497 e. The van der Waals surface area contributed by atoms with E-state index >= 15 is 0 Å². The van der Waals surface area contributed by atoms with Gasteiger partial charge < -0.3 is 28.4 Å². The Morgan fingerprint density at radius 2 is 1.64 bits per heavy atom. The molecule has 10 nitrogen and oxygen atoms in total. The number of nitrogens with zero attached hydrogens (tertiary/aromatic N) is 3. The Hall–Kier alpha value is -4.05. The Morgan fingerprint density at radius 1 is 0.915 bits per heavy atom. The van der Waals surface area contributed by atoms with Crippen molar-refractivity contribution in [3.8, 4) is 17.2 Å². The lowest BCUT2D eigenvalue weighted by atomic mass is 9.94. The van der Waals surface area contributed by atoms with Crippen LogP contribution in [0.2, 0.25) is 0 Å². The zero-order valence-corrected chi connectivity index (χ0v) is 28.1. The predicted molar refractivity (Wildman–Crippen MR) is 180 cm³/mol. The number of aromatic nitrogens is 1. The first kappa shape index (κ1) is 32.9. The van der Waals surface area contributed by atoms with Crippen LogP contribution in [0.4, 0.5) is 4.79 Å². The summed E-state index contributed by atoms with van der Waals surface area (Å²) >= 11 is 0. The van der Waals surface area contributed by atoms with E-state index < -0.39 is 5.54 Å². The smallest absolute Gasteiger partial charge is 0.410 e. The first-order valence-electron chi connectivity index (χ1n) is 17.0. The number of hydrogen-bond donors (Lipinski definition) is 0. The summed E-state index contributed by atoms with van der Waals surface area (Å²) in [5.74, 6) is 2.15. The molecule has 3 heterocycles. The first-order valence-corrected chi connectivity index (χ1v) is 17.0. The molecule has 10 heteroatoms. The van der Waals surface area contributed by atoms with E-state index in [1.165, 1.54) is 6.07 Å². The van der Waals surface area contributed by atoms with E-state index in [-0.39, 0.29) is 29.5 Å². The number of amides is 1. The molecule has 2 aromatic carbocycles. The molecule has 0 spiro atoms. The van der Waals surface area contributed by atoms with Gasteiger partial charge in [0.2, 0.25) is 0 Å². The molecule has 1 aromatic heterocycles. The molecule has 1 saturated heterocycles. The van der Waals surface area contributed by atoms with Crippen molar-refractivity contribution in [3.05, 3.63) is 63.9 Å². The second kappa shape index (κ2) is 14.0. The minimum Gasteiger partial charge on any atom is -0.497 e. The van der Waals surface area contributed by atoms with Gasteiger partial charge in [-0.3, -0.25) is 14.5 Å². The lowest BCUT2D eigenvalue weighted by Crippen LogP contribution is -2.47. The minimum atomic E-state index is -0.443. The summed E-state index contributed by atoms with van der Waals surface area (Å²) in [6, 6.07) is 12.9. The highest BCUT2D eigenvalue weighted by Gasteiger charge is 2.32. The zero-order chi connectivity index (χ0) is 33.1. The maximum atomic E-state index is 13.5. The van der Waals surface area contributed by atoms with E-state index in [0.29, 0.717) is 62.8 Å². The monoisotopic (exact) mass is 645 g/mol. The third kappa shape index (κ3) is 7.43. The van der Waals surface area contributed by atoms with Crippen LogP contribution in [0, 0.1) is 5.92 Å². The topological polar surface area (TPSA) is 99.5 Å². The number of rotatable bonds is 9. The molecule has 1 aliphatic carbocycles. The van der Waals surface area contributed by atoms with Crippen molar-refractivity contribution < 1.29 is 28.5 Å². The van der Waals surface area contributed by atoms with Crippen molar-refractivity contribution in [1.29, 1.82) is 0 Å². The SMILES string of the molecule is COc1ccc2c(C(=O)C3CCCC3)cc(=O)n(CCN3CCC(OC(=O)N(Cc4ccc5c(c4)OCCO5)C(C)(C)C)CC3)c2c1. The standard InChI is InChI=1S/C37H47N3O7/c1-37(2,3)40(24-25-9-12-32-33(21-25)46-20-19-45-32)36(43)47-27-13-15-38(16-14-27)17-18-39-31-22-28(44-4)10-11-29(31)30(23-34(39)41)35(42)26-7-5-6-8-26/h9-12,21-23,26-27H,5-8,13-20,24H2,1-4H3. The molecule has 0 radical (unpaired) electrons. The summed E-state index contributed by atoms with van der Waals surface area (Å²) in [6.45, 7) is 10.1. The third-order valence-corrected chi connectivity index (χ3v) is 9.73. The van der Waals surface area contributed by atoms with E-state index in [0.717, 1.165) is 61.0 Å². The van der Waals surface area contributed by atoms with E-state index in [2.05, 4.69) is 4.90 Å². The molecule has 2 aliphatic heterocycles. The Balaban J connectivity index is 1.08. The van der Waals surface area contributed by atoms with Crippen LogP contribution in [0.25, 0.3) is 10.9 Å². The number of carbonyl (C=O) groups is 2. The van der Waals surface area contributed by atoms with Crippen molar-refractivity contribution in [2.75, 3.05) is 40.0 Å². The number of likely N-dealkylation sites (tertiary alicyclic amines) is 1. The Bertz CT molecular complexity index is 1660. The zero-order valence-electron chi connectivity index (χ0n) is 28.1. The van der Waals surface area contributed by atoms with Crippen molar-refractivity contribution in [2.24, 2.45) is 5.92 Å². The fourth-order valence-corrected chi connectivity index (χ4v) is 6.97. The van der Waals surface area contributed by atoms with Gasteiger partial charge in [0.05, 0.1) is 12.6 Å². The quantitative estimate of drug-likeness (QED) is 0.259. The van der Waals surface area contributed by atoms with Gasteiger partial charge in [-0.05, 0) is 76.3 Å². The number of piperidine rings is 1. The first-order chi connectivity index (χ1) is 22.6. The number of carbonyl (C=O) groups excluding carboxylic acids is 2. The molecule has 3 aliphatic rings. The second-order valence-corrected chi connectivity index (χ2v) is 13.9. The average Bonchev–Trinajstić information content (AvgIpc) is 3.61. The average molecular weight is 646 g/mol. The van der Waals surface area contributed by atoms with Crippen molar-refractivity contribution in [2.45, 2.75) is 84.0 Å². The molecular weight excluding hydrogens is 598 g/mol. The maximum Gasteiger partial charge on any atom is 0.410 e. The van der Waals surface area contributed by atoms with Crippen LogP contribution in [0.1, 0.15) is 75.2 Å². The van der Waals surface area contributed by atoms with Gasteiger partial charge in [-0.25, -0.2) is 4.79 Å². The van der Waals surface area contributed by atoms with Gasteiger partial charge in [0.1, 0.15) is 25.1 Å². The number of hydrogen-bond acceptors (Lipinski definition) is 8. The van der Waals surface area contributed by atoms with E-state index in [4.69, 9.17) is 18.9 Å². The van der Waals surface area contributed by atoms with Crippen LogP contribution in [0.15, 0.2) is 47.3 Å². The Kier molecular flexibility index (Phi) is 9.77. The van der Waals surface area contributed by atoms with Gasteiger partial charge in [0, 0.05) is 67.3 Å². The second-order valence-electron chi connectivity index (χ2n) is 13.9.